The first-order valence-electron chi connectivity index (χ1n) is 10.9. The first kappa shape index (κ1) is 21.4. The molecule has 166 valence electrons. The van der Waals surface area contributed by atoms with E-state index in [0.717, 1.165) is 27.5 Å². The van der Waals surface area contributed by atoms with Crippen molar-refractivity contribution < 1.29 is 9.90 Å². The van der Waals surface area contributed by atoms with E-state index >= 15 is 0 Å². The van der Waals surface area contributed by atoms with E-state index in [1.807, 2.05) is 66.7 Å². The zero-order valence-corrected chi connectivity index (χ0v) is 18.3. The summed E-state index contributed by atoms with van der Waals surface area (Å²) in [5.41, 5.74) is 4.13. The van der Waals surface area contributed by atoms with Crippen LogP contribution in [-0.2, 0) is 6.61 Å². The van der Waals surface area contributed by atoms with Crippen LogP contribution in [0.3, 0.4) is 0 Å². The van der Waals surface area contributed by atoms with Gasteiger partial charge in [0.1, 0.15) is 0 Å². The monoisotopic (exact) mass is 446 g/mol. The number of aliphatic hydroxyl groups is 1. The standard InChI is InChI=1S/C29H22N2O3/c32-19-21-10-8-20(9-11-21)12-15-28(33)25-6-3-7-26(17-25)31-18-27(30-29(31)34)24-14-13-22-4-1-2-5-23(22)16-24/h1-18,32H,19H2,(H,30,34)/b15-12+. The molecule has 5 heteroatoms. The van der Waals surface area contributed by atoms with Crippen molar-refractivity contribution in [3.63, 3.8) is 0 Å². The average molecular weight is 447 g/mol. The smallest absolute Gasteiger partial charge is 0.330 e. The average Bonchev–Trinajstić information content (AvgIpc) is 3.29. The van der Waals surface area contributed by atoms with Gasteiger partial charge < -0.3 is 10.1 Å². The summed E-state index contributed by atoms with van der Waals surface area (Å²) in [5, 5.41) is 11.4. The van der Waals surface area contributed by atoms with Crippen molar-refractivity contribution in [1.82, 2.24) is 9.55 Å². The number of hydrogen-bond acceptors (Lipinski definition) is 3. The Morgan fingerprint density at radius 3 is 2.47 bits per heavy atom. The predicted molar refractivity (Wildman–Crippen MR) is 135 cm³/mol. The SMILES string of the molecule is O=C(/C=C/c1ccc(CO)cc1)c1cccc(-n2cc(-c3ccc4ccccc4c3)[nH]c2=O)c1. The van der Waals surface area contributed by atoms with Gasteiger partial charge in [0.15, 0.2) is 5.78 Å². The van der Waals surface area contributed by atoms with Crippen molar-refractivity contribution in [1.29, 1.82) is 0 Å². The van der Waals surface area contributed by atoms with Crippen molar-refractivity contribution >= 4 is 22.6 Å². The first-order valence-corrected chi connectivity index (χ1v) is 10.9. The minimum Gasteiger partial charge on any atom is -0.392 e. The van der Waals surface area contributed by atoms with E-state index in [2.05, 4.69) is 4.98 Å². The molecule has 0 fully saturated rings. The lowest BCUT2D eigenvalue weighted by Gasteiger charge is -2.04. The van der Waals surface area contributed by atoms with Crippen LogP contribution in [-0.4, -0.2) is 20.4 Å². The van der Waals surface area contributed by atoms with Crippen LogP contribution in [0.15, 0.2) is 108 Å². The van der Waals surface area contributed by atoms with Crippen LogP contribution in [0.1, 0.15) is 21.5 Å². The molecule has 0 spiro atoms. The molecule has 0 saturated carbocycles. The fraction of sp³-hybridized carbons (Fsp3) is 0.0345. The molecular formula is C29H22N2O3. The molecule has 5 nitrogen and oxygen atoms in total. The maximum absolute atomic E-state index is 12.7. The number of carbonyl (C=O) groups is 1. The number of hydrogen-bond donors (Lipinski definition) is 2. The molecule has 0 unspecified atom stereocenters. The summed E-state index contributed by atoms with van der Waals surface area (Å²) in [4.78, 5) is 28.4. The number of aliphatic hydroxyl groups excluding tert-OH is 1. The molecule has 0 aliphatic carbocycles. The third-order valence-electron chi connectivity index (χ3n) is 5.78. The highest BCUT2D eigenvalue weighted by Crippen LogP contribution is 2.23. The van der Waals surface area contributed by atoms with Gasteiger partial charge in [-0.2, -0.15) is 0 Å². The highest BCUT2D eigenvalue weighted by Gasteiger charge is 2.10. The number of rotatable bonds is 6. The molecule has 0 radical (unpaired) electrons. The Balaban J connectivity index is 1.41. The van der Waals surface area contributed by atoms with E-state index in [4.69, 9.17) is 5.11 Å². The third-order valence-corrected chi connectivity index (χ3v) is 5.78. The van der Waals surface area contributed by atoms with Gasteiger partial charge in [-0.05, 0) is 46.2 Å². The maximum atomic E-state index is 12.7. The molecule has 0 aliphatic rings. The van der Waals surface area contributed by atoms with Gasteiger partial charge in [-0.15, -0.1) is 0 Å². The van der Waals surface area contributed by atoms with Crippen LogP contribution in [0, 0.1) is 0 Å². The van der Waals surface area contributed by atoms with Crippen LogP contribution in [0.25, 0.3) is 33.8 Å². The highest BCUT2D eigenvalue weighted by molar-refractivity contribution is 6.07. The molecular weight excluding hydrogens is 424 g/mol. The van der Waals surface area contributed by atoms with Crippen molar-refractivity contribution in [3.8, 4) is 16.9 Å². The predicted octanol–water partition coefficient (Wildman–Crippen LogP) is 5.37. The number of fused-ring (bicyclic) bond motifs is 1. The second-order valence-corrected chi connectivity index (χ2v) is 8.05. The van der Waals surface area contributed by atoms with Crippen LogP contribution in [0.5, 0.6) is 0 Å². The summed E-state index contributed by atoms with van der Waals surface area (Å²) < 4.78 is 1.51. The number of ketones is 1. The highest BCUT2D eigenvalue weighted by atomic mass is 16.3. The fourth-order valence-corrected chi connectivity index (χ4v) is 3.90. The summed E-state index contributed by atoms with van der Waals surface area (Å²) in [6.45, 7) is -0.0170. The van der Waals surface area contributed by atoms with E-state index < -0.39 is 0 Å². The number of aromatic amines is 1. The van der Waals surface area contributed by atoms with Crippen LogP contribution >= 0.6 is 0 Å². The number of nitrogens with zero attached hydrogens (tertiary/aromatic N) is 1. The summed E-state index contributed by atoms with van der Waals surface area (Å²) in [6.07, 6.45) is 5.00. The number of carbonyl (C=O) groups excluding carboxylic acids is 1. The molecule has 0 aliphatic heterocycles. The topological polar surface area (TPSA) is 75.1 Å². The normalized spacial score (nSPS) is 11.3. The Morgan fingerprint density at radius 2 is 1.68 bits per heavy atom. The van der Waals surface area contributed by atoms with E-state index in [-0.39, 0.29) is 18.1 Å². The van der Waals surface area contributed by atoms with Gasteiger partial charge in [0.2, 0.25) is 0 Å². The summed E-state index contributed by atoms with van der Waals surface area (Å²) in [6, 6.07) is 28.5. The first-order chi connectivity index (χ1) is 16.6. The van der Waals surface area contributed by atoms with Crippen LogP contribution in [0.2, 0.25) is 0 Å². The van der Waals surface area contributed by atoms with Crippen molar-refractivity contribution in [2.24, 2.45) is 0 Å². The van der Waals surface area contributed by atoms with Crippen molar-refractivity contribution in [3.05, 3.63) is 130 Å². The molecule has 0 bridgehead atoms. The molecule has 1 aromatic heterocycles. The van der Waals surface area contributed by atoms with Crippen LogP contribution in [0.4, 0.5) is 0 Å². The molecule has 5 aromatic rings. The number of benzene rings is 4. The second-order valence-electron chi connectivity index (χ2n) is 8.05. The molecule has 1 heterocycles. The number of aromatic nitrogens is 2. The minimum atomic E-state index is -0.271. The zero-order valence-electron chi connectivity index (χ0n) is 18.3. The lowest BCUT2D eigenvalue weighted by molar-refractivity contribution is 0.104. The van der Waals surface area contributed by atoms with E-state index in [9.17, 15) is 9.59 Å². The second kappa shape index (κ2) is 9.17. The number of allylic oxidation sites excluding steroid dienone is 1. The van der Waals surface area contributed by atoms with Gasteiger partial charge >= 0.3 is 5.69 Å². The van der Waals surface area contributed by atoms with Gasteiger partial charge in [0.25, 0.3) is 0 Å². The van der Waals surface area contributed by atoms with E-state index in [0.29, 0.717) is 16.9 Å². The Kier molecular flexibility index (Phi) is 5.77. The quantitative estimate of drug-likeness (QED) is 0.272. The molecule has 0 amide bonds. The third kappa shape index (κ3) is 4.37. The largest absolute Gasteiger partial charge is 0.392 e. The Bertz CT molecular complexity index is 1570. The Labute approximate surface area is 196 Å². The minimum absolute atomic E-state index is 0.0170. The summed E-state index contributed by atoms with van der Waals surface area (Å²) >= 11 is 0. The lowest BCUT2D eigenvalue weighted by Crippen LogP contribution is -2.14. The number of H-pyrrole nitrogens is 1. The van der Waals surface area contributed by atoms with Gasteiger partial charge in [0.05, 0.1) is 18.0 Å². The number of imidazole rings is 1. The van der Waals surface area contributed by atoms with Crippen molar-refractivity contribution in [2.45, 2.75) is 6.61 Å². The van der Waals surface area contributed by atoms with E-state index in [1.165, 1.54) is 10.6 Å². The van der Waals surface area contributed by atoms with Crippen molar-refractivity contribution in [2.75, 3.05) is 0 Å². The van der Waals surface area contributed by atoms with Gasteiger partial charge in [-0.3, -0.25) is 9.36 Å². The molecule has 0 atom stereocenters. The van der Waals surface area contributed by atoms with Gasteiger partial charge in [-0.1, -0.05) is 78.9 Å². The van der Waals surface area contributed by atoms with Gasteiger partial charge in [-0.25, -0.2) is 4.79 Å². The maximum Gasteiger partial charge on any atom is 0.330 e. The zero-order chi connectivity index (χ0) is 23.5. The van der Waals surface area contributed by atoms with E-state index in [1.54, 1.807) is 36.5 Å². The molecule has 4 aromatic carbocycles. The molecule has 0 saturated heterocycles. The molecule has 2 N–H and O–H groups in total. The summed E-state index contributed by atoms with van der Waals surface area (Å²) in [7, 11) is 0. The Morgan fingerprint density at radius 1 is 0.882 bits per heavy atom. The summed E-state index contributed by atoms with van der Waals surface area (Å²) in [5.74, 6) is -0.161. The van der Waals surface area contributed by atoms with Gasteiger partial charge in [0, 0.05) is 17.3 Å². The Hall–Kier alpha value is -4.48. The molecule has 34 heavy (non-hydrogen) atoms. The van der Waals surface area contributed by atoms with Crippen LogP contribution < -0.4 is 5.69 Å². The number of nitrogens with one attached hydrogen (secondary N) is 1. The lowest BCUT2D eigenvalue weighted by atomic mass is 10.1. The molecule has 5 rings (SSSR count). The fourth-order valence-electron chi connectivity index (χ4n) is 3.90.